The van der Waals surface area contributed by atoms with E-state index in [4.69, 9.17) is 0 Å². The van der Waals surface area contributed by atoms with E-state index < -0.39 is 0 Å². The summed E-state index contributed by atoms with van der Waals surface area (Å²) in [6.07, 6.45) is 0. The molecule has 0 aromatic heterocycles. The number of fused-ring (bicyclic) bond motifs is 8. The molecule has 0 heterocycles. The Bertz CT molecular complexity index is 1160. The number of benzene rings is 3. The molecule has 0 fully saturated rings. The fraction of sp³-hybridized carbons (Fsp3) is 0.448. The van der Waals surface area contributed by atoms with Crippen molar-refractivity contribution in [2.24, 2.45) is 11.8 Å². The third kappa shape index (κ3) is 2.26. The van der Waals surface area contributed by atoms with Gasteiger partial charge in [0.2, 0.25) is 0 Å². The SMILES string of the molecule is Cc1cc2c(c(C)c1C)C(C)c1c3c(c4ccccc4c1-2)C(C)C(C)C(C)C3C. The standard InChI is InChI=1S/C29H34/c1-14-13-24-25(18(5)15(14)2)21(8)28-27-20(7)17(4)16(3)19(6)26(27)22-11-9-10-12-23(22)29(24)28/h9-13,16-17,19-21H,1-8H3. The minimum absolute atomic E-state index is 0.480. The van der Waals surface area contributed by atoms with E-state index in [1.54, 1.807) is 22.3 Å². The lowest BCUT2D eigenvalue weighted by molar-refractivity contribution is 0.274. The fourth-order valence-corrected chi connectivity index (χ4v) is 6.67. The van der Waals surface area contributed by atoms with Gasteiger partial charge in [0.15, 0.2) is 0 Å². The predicted octanol–water partition coefficient (Wildman–Crippen LogP) is 8.39. The van der Waals surface area contributed by atoms with Crippen molar-refractivity contribution in [1.29, 1.82) is 0 Å². The van der Waals surface area contributed by atoms with Crippen LogP contribution in [0.5, 0.6) is 0 Å². The lowest BCUT2D eigenvalue weighted by Gasteiger charge is -2.41. The maximum atomic E-state index is 2.49. The molecule has 0 N–H and O–H groups in total. The van der Waals surface area contributed by atoms with Crippen LogP contribution in [0.25, 0.3) is 21.9 Å². The van der Waals surface area contributed by atoms with E-state index in [-0.39, 0.29) is 0 Å². The molecular weight excluding hydrogens is 348 g/mol. The molecular formula is C29H34. The Balaban J connectivity index is 1.99. The molecule has 0 saturated heterocycles. The van der Waals surface area contributed by atoms with Gasteiger partial charge in [-0.1, -0.05) is 65.0 Å². The van der Waals surface area contributed by atoms with Gasteiger partial charge in [-0.25, -0.2) is 0 Å². The summed E-state index contributed by atoms with van der Waals surface area (Å²) in [4.78, 5) is 0. The van der Waals surface area contributed by atoms with E-state index in [2.05, 4.69) is 85.7 Å². The summed E-state index contributed by atoms with van der Waals surface area (Å²) in [5, 5.41) is 2.96. The van der Waals surface area contributed by atoms with Gasteiger partial charge in [0.1, 0.15) is 0 Å². The summed E-state index contributed by atoms with van der Waals surface area (Å²) in [6, 6.07) is 11.7. The molecule has 150 valence electrons. The summed E-state index contributed by atoms with van der Waals surface area (Å²) >= 11 is 0. The molecule has 0 heteroatoms. The van der Waals surface area contributed by atoms with Gasteiger partial charge >= 0.3 is 0 Å². The smallest absolute Gasteiger partial charge is 0.00792 e. The minimum Gasteiger partial charge on any atom is -0.0617 e. The zero-order chi connectivity index (χ0) is 20.8. The molecule has 5 rings (SSSR count). The second-order valence-corrected chi connectivity index (χ2v) is 10.1. The third-order valence-electron chi connectivity index (χ3n) is 9.00. The Labute approximate surface area is 176 Å². The maximum Gasteiger partial charge on any atom is 0.00792 e. The first-order valence-electron chi connectivity index (χ1n) is 11.4. The van der Waals surface area contributed by atoms with Crippen molar-refractivity contribution >= 4 is 10.8 Å². The van der Waals surface area contributed by atoms with Crippen molar-refractivity contribution in [3.63, 3.8) is 0 Å². The van der Waals surface area contributed by atoms with Crippen LogP contribution in [0.15, 0.2) is 30.3 Å². The molecule has 0 amide bonds. The van der Waals surface area contributed by atoms with Crippen LogP contribution in [0.3, 0.4) is 0 Å². The van der Waals surface area contributed by atoms with Crippen LogP contribution in [0, 0.1) is 32.6 Å². The van der Waals surface area contributed by atoms with Gasteiger partial charge in [-0.05, 0) is 105 Å². The van der Waals surface area contributed by atoms with E-state index in [0.29, 0.717) is 29.6 Å². The first-order valence-corrected chi connectivity index (χ1v) is 11.4. The monoisotopic (exact) mass is 382 g/mol. The predicted molar refractivity (Wildman–Crippen MR) is 126 cm³/mol. The Kier molecular flexibility index (Phi) is 4.05. The summed E-state index contributed by atoms with van der Waals surface area (Å²) in [6.45, 7) is 19.3. The molecule has 0 radical (unpaired) electrons. The average Bonchev–Trinajstić information content (AvgIpc) is 3.00. The Morgan fingerprint density at radius 2 is 1.21 bits per heavy atom. The van der Waals surface area contributed by atoms with Crippen molar-refractivity contribution in [1.82, 2.24) is 0 Å². The summed E-state index contributed by atoms with van der Waals surface area (Å²) < 4.78 is 0. The highest BCUT2D eigenvalue weighted by molar-refractivity contribution is 6.05. The van der Waals surface area contributed by atoms with E-state index in [1.165, 1.54) is 38.6 Å². The van der Waals surface area contributed by atoms with Gasteiger partial charge in [-0.2, -0.15) is 0 Å². The van der Waals surface area contributed by atoms with Crippen molar-refractivity contribution < 1.29 is 0 Å². The van der Waals surface area contributed by atoms with Gasteiger partial charge < -0.3 is 0 Å². The van der Waals surface area contributed by atoms with Crippen LogP contribution < -0.4 is 0 Å². The molecule has 5 unspecified atom stereocenters. The largest absolute Gasteiger partial charge is 0.0617 e. The molecule has 0 nitrogen and oxygen atoms in total. The summed E-state index contributed by atoms with van der Waals surface area (Å²) in [5.74, 6) is 3.11. The van der Waals surface area contributed by atoms with Gasteiger partial charge in [0.05, 0.1) is 0 Å². The third-order valence-corrected chi connectivity index (χ3v) is 9.00. The maximum absolute atomic E-state index is 2.49. The Morgan fingerprint density at radius 1 is 0.621 bits per heavy atom. The second-order valence-electron chi connectivity index (χ2n) is 10.1. The van der Waals surface area contributed by atoms with Crippen LogP contribution >= 0.6 is 0 Å². The molecule has 0 bridgehead atoms. The highest BCUT2D eigenvalue weighted by atomic mass is 14.4. The lowest BCUT2D eigenvalue weighted by Crippen LogP contribution is -2.29. The average molecular weight is 383 g/mol. The number of rotatable bonds is 0. The van der Waals surface area contributed by atoms with Crippen molar-refractivity contribution in [3.05, 3.63) is 69.3 Å². The number of hydrogen-bond acceptors (Lipinski definition) is 0. The first kappa shape index (κ1) is 18.9. The quantitative estimate of drug-likeness (QED) is 0.366. The second kappa shape index (κ2) is 6.21. The fourth-order valence-electron chi connectivity index (χ4n) is 6.67. The molecule has 3 aromatic carbocycles. The highest BCUT2D eigenvalue weighted by Crippen LogP contribution is 2.58. The molecule has 3 aromatic rings. The number of aryl methyl sites for hydroxylation is 1. The molecule has 0 saturated carbocycles. The zero-order valence-corrected chi connectivity index (χ0v) is 19.3. The number of hydrogen-bond donors (Lipinski definition) is 0. The van der Waals surface area contributed by atoms with Crippen molar-refractivity contribution in [3.8, 4) is 11.1 Å². The minimum atomic E-state index is 0.480. The summed E-state index contributed by atoms with van der Waals surface area (Å²) in [5.41, 5.74) is 14.0. The normalized spacial score (nSPS) is 27.7. The van der Waals surface area contributed by atoms with Gasteiger partial charge in [0.25, 0.3) is 0 Å². The molecule has 29 heavy (non-hydrogen) atoms. The van der Waals surface area contributed by atoms with Gasteiger partial charge in [0, 0.05) is 5.92 Å². The Hall–Kier alpha value is -2.08. The van der Waals surface area contributed by atoms with Crippen LogP contribution in [0.4, 0.5) is 0 Å². The molecule has 5 atom stereocenters. The molecule has 0 aliphatic heterocycles. The Morgan fingerprint density at radius 3 is 1.86 bits per heavy atom. The van der Waals surface area contributed by atoms with E-state index >= 15 is 0 Å². The first-order chi connectivity index (χ1) is 13.8. The van der Waals surface area contributed by atoms with Crippen molar-refractivity contribution in [2.75, 3.05) is 0 Å². The van der Waals surface area contributed by atoms with Crippen LogP contribution in [0.1, 0.15) is 91.3 Å². The molecule has 0 spiro atoms. The van der Waals surface area contributed by atoms with Crippen LogP contribution in [0.2, 0.25) is 0 Å². The van der Waals surface area contributed by atoms with Gasteiger partial charge in [-0.15, -0.1) is 0 Å². The van der Waals surface area contributed by atoms with E-state index in [0.717, 1.165) is 0 Å². The molecule has 2 aliphatic rings. The zero-order valence-electron chi connectivity index (χ0n) is 19.3. The summed E-state index contributed by atoms with van der Waals surface area (Å²) in [7, 11) is 0. The molecule has 2 aliphatic carbocycles. The van der Waals surface area contributed by atoms with Gasteiger partial charge in [-0.3, -0.25) is 0 Å². The topological polar surface area (TPSA) is 0 Å². The highest BCUT2D eigenvalue weighted by Gasteiger charge is 2.41. The van der Waals surface area contributed by atoms with Crippen LogP contribution in [-0.2, 0) is 0 Å². The van der Waals surface area contributed by atoms with E-state index in [1.807, 2.05) is 0 Å². The lowest BCUT2D eigenvalue weighted by atomic mass is 9.63. The van der Waals surface area contributed by atoms with E-state index in [9.17, 15) is 0 Å². The van der Waals surface area contributed by atoms with Crippen molar-refractivity contribution in [2.45, 2.75) is 73.1 Å². The van der Waals surface area contributed by atoms with Crippen LogP contribution in [-0.4, -0.2) is 0 Å².